The molecular weight excluding hydrogens is 291 g/mol. The molecular formula is C14H11ClF3NO. The maximum absolute atomic E-state index is 13.0. The standard InChI is InChI=1S/C14H11ClF3NO/c15-8-11-1-2-13(12(7-11)14(16,17)18)20-9-10-3-5-19-6-4-10/h1-7H,8-9H2. The van der Waals surface area contributed by atoms with E-state index in [1.165, 1.54) is 12.1 Å². The van der Waals surface area contributed by atoms with E-state index in [-0.39, 0.29) is 18.2 Å². The van der Waals surface area contributed by atoms with Crippen molar-refractivity contribution in [3.63, 3.8) is 0 Å². The fourth-order valence-electron chi connectivity index (χ4n) is 1.65. The van der Waals surface area contributed by atoms with Gasteiger partial charge in [-0.2, -0.15) is 13.2 Å². The van der Waals surface area contributed by atoms with Crippen LogP contribution in [-0.2, 0) is 18.7 Å². The van der Waals surface area contributed by atoms with E-state index < -0.39 is 11.7 Å². The van der Waals surface area contributed by atoms with Crippen LogP contribution in [0.25, 0.3) is 0 Å². The van der Waals surface area contributed by atoms with Gasteiger partial charge in [0, 0.05) is 18.3 Å². The molecule has 20 heavy (non-hydrogen) atoms. The highest BCUT2D eigenvalue weighted by molar-refractivity contribution is 6.17. The van der Waals surface area contributed by atoms with Crippen LogP contribution >= 0.6 is 11.6 Å². The average Bonchev–Trinajstić information content (AvgIpc) is 2.45. The van der Waals surface area contributed by atoms with E-state index in [0.717, 1.165) is 11.6 Å². The Balaban J connectivity index is 2.23. The van der Waals surface area contributed by atoms with Crippen LogP contribution in [0.15, 0.2) is 42.7 Å². The fraction of sp³-hybridized carbons (Fsp3) is 0.214. The van der Waals surface area contributed by atoms with Crippen LogP contribution in [0.3, 0.4) is 0 Å². The fourth-order valence-corrected chi connectivity index (χ4v) is 1.81. The van der Waals surface area contributed by atoms with E-state index in [1.807, 2.05) is 0 Å². The van der Waals surface area contributed by atoms with Gasteiger partial charge in [0.1, 0.15) is 12.4 Å². The summed E-state index contributed by atoms with van der Waals surface area (Å²) in [6, 6.07) is 7.18. The van der Waals surface area contributed by atoms with E-state index in [9.17, 15) is 13.2 Å². The van der Waals surface area contributed by atoms with E-state index in [2.05, 4.69) is 4.98 Å². The van der Waals surface area contributed by atoms with Crippen LogP contribution < -0.4 is 4.74 Å². The highest BCUT2D eigenvalue weighted by atomic mass is 35.5. The van der Waals surface area contributed by atoms with Crippen molar-refractivity contribution in [2.24, 2.45) is 0 Å². The molecule has 1 heterocycles. The molecule has 0 saturated carbocycles. The molecule has 2 aromatic rings. The van der Waals surface area contributed by atoms with Crippen LogP contribution in [0.5, 0.6) is 5.75 Å². The lowest BCUT2D eigenvalue weighted by Crippen LogP contribution is -2.09. The van der Waals surface area contributed by atoms with Crippen molar-refractivity contribution in [2.45, 2.75) is 18.7 Å². The number of ether oxygens (including phenoxy) is 1. The maximum Gasteiger partial charge on any atom is 0.419 e. The lowest BCUT2D eigenvalue weighted by Gasteiger charge is -2.15. The number of halogens is 4. The number of hydrogen-bond donors (Lipinski definition) is 0. The van der Waals surface area contributed by atoms with E-state index in [1.54, 1.807) is 24.5 Å². The summed E-state index contributed by atoms with van der Waals surface area (Å²) in [5.41, 5.74) is 0.328. The highest BCUT2D eigenvalue weighted by Gasteiger charge is 2.34. The first kappa shape index (κ1) is 14.7. The Kier molecular flexibility index (Phi) is 4.49. The molecule has 1 aromatic carbocycles. The van der Waals surface area contributed by atoms with E-state index in [0.29, 0.717) is 5.56 Å². The molecule has 0 unspecified atom stereocenters. The SMILES string of the molecule is FC(F)(F)c1cc(CCl)ccc1OCc1ccncc1. The molecule has 2 nitrogen and oxygen atoms in total. The number of pyridine rings is 1. The van der Waals surface area contributed by atoms with Gasteiger partial charge in [0.25, 0.3) is 0 Å². The quantitative estimate of drug-likeness (QED) is 0.780. The summed E-state index contributed by atoms with van der Waals surface area (Å²) >= 11 is 5.56. The Morgan fingerprint density at radius 2 is 1.75 bits per heavy atom. The van der Waals surface area contributed by atoms with Crippen LogP contribution in [0.1, 0.15) is 16.7 Å². The van der Waals surface area contributed by atoms with Crippen molar-refractivity contribution in [1.29, 1.82) is 0 Å². The molecule has 0 saturated heterocycles. The zero-order valence-corrected chi connectivity index (χ0v) is 11.1. The second-order valence-corrected chi connectivity index (χ2v) is 4.37. The minimum atomic E-state index is -4.48. The van der Waals surface area contributed by atoms with Gasteiger partial charge in [-0.05, 0) is 35.4 Å². The highest BCUT2D eigenvalue weighted by Crippen LogP contribution is 2.37. The van der Waals surface area contributed by atoms with Crippen molar-refractivity contribution >= 4 is 11.6 Å². The predicted octanol–water partition coefficient (Wildman–Crippen LogP) is 4.42. The number of aromatic nitrogens is 1. The summed E-state index contributed by atoms with van der Waals surface area (Å²) < 4.78 is 44.1. The minimum Gasteiger partial charge on any atom is -0.488 e. The Hall–Kier alpha value is -1.75. The Bertz CT molecular complexity index is 572. The van der Waals surface area contributed by atoms with Crippen LogP contribution in [0.4, 0.5) is 13.2 Å². The second kappa shape index (κ2) is 6.13. The Morgan fingerprint density at radius 3 is 2.35 bits per heavy atom. The third kappa shape index (κ3) is 3.63. The number of benzene rings is 1. The normalized spacial score (nSPS) is 11.4. The molecule has 0 aliphatic carbocycles. The lowest BCUT2D eigenvalue weighted by molar-refractivity contribution is -0.139. The van der Waals surface area contributed by atoms with Gasteiger partial charge in [0.2, 0.25) is 0 Å². The van der Waals surface area contributed by atoms with Gasteiger partial charge in [-0.15, -0.1) is 11.6 Å². The molecule has 0 radical (unpaired) electrons. The third-order valence-electron chi connectivity index (χ3n) is 2.65. The molecule has 0 aliphatic heterocycles. The summed E-state index contributed by atoms with van der Waals surface area (Å²) in [6.45, 7) is 0.0474. The molecule has 0 aliphatic rings. The Labute approximate surface area is 119 Å². The summed E-state index contributed by atoms with van der Waals surface area (Å²) in [5, 5.41) is 0. The van der Waals surface area contributed by atoms with Crippen molar-refractivity contribution in [3.8, 4) is 5.75 Å². The van der Waals surface area contributed by atoms with Gasteiger partial charge in [0.15, 0.2) is 0 Å². The van der Waals surface area contributed by atoms with Gasteiger partial charge in [0.05, 0.1) is 5.56 Å². The van der Waals surface area contributed by atoms with Crippen LogP contribution in [0.2, 0.25) is 0 Å². The number of alkyl halides is 4. The number of rotatable bonds is 4. The maximum atomic E-state index is 13.0. The first-order valence-corrected chi connectivity index (χ1v) is 6.32. The summed E-state index contributed by atoms with van der Waals surface area (Å²) in [7, 11) is 0. The van der Waals surface area contributed by atoms with Crippen molar-refractivity contribution in [3.05, 3.63) is 59.4 Å². The lowest BCUT2D eigenvalue weighted by atomic mass is 10.1. The minimum absolute atomic E-state index is 0.0215. The van der Waals surface area contributed by atoms with Crippen molar-refractivity contribution in [1.82, 2.24) is 4.98 Å². The van der Waals surface area contributed by atoms with Gasteiger partial charge in [-0.1, -0.05) is 6.07 Å². The predicted molar refractivity (Wildman–Crippen MR) is 69.6 cm³/mol. The third-order valence-corrected chi connectivity index (χ3v) is 2.96. The molecule has 6 heteroatoms. The van der Waals surface area contributed by atoms with Gasteiger partial charge in [-0.3, -0.25) is 4.98 Å². The zero-order chi connectivity index (χ0) is 14.6. The summed E-state index contributed by atoms with van der Waals surface area (Å²) in [6.07, 6.45) is -1.37. The molecule has 0 N–H and O–H groups in total. The molecule has 0 bridgehead atoms. The van der Waals surface area contributed by atoms with Crippen LogP contribution in [-0.4, -0.2) is 4.98 Å². The van der Waals surface area contributed by atoms with Gasteiger partial charge in [-0.25, -0.2) is 0 Å². The second-order valence-electron chi connectivity index (χ2n) is 4.11. The molecule has 0 amide bonds. The zero-order valence-electron chi connectivity index (χ0n) is 10.3. The molecule has 2 rings (SSSR count). The molecule has 106 valence electrons. The van der Waals surface area contributed by atoms with Crippen molar-refractivity contribution in [2.75, 3.05) is 0 Å². The first-order valence-electron chi connectivity index (χ1n) is 5.78. The molecule has 0 atom stereocenters. The van der Waals surface area contributed by atoms with Gasteiger partial charge >= 0.3 is 6.18 Å². The largest absolute Gasteiger partial charge is 0.488 e. The van der Waals surface area contributed by atoms with E-state index in [4.69, 9.17) is 16.3 Å². The Morgan fingerprint density at radius 1 is 1.05 bits per heavy atom. The molecule has 0 spiro atoms. The number of nitrogens with zero attached hydrogens (tertiary/aromatic N) is 1. The monoisotopic (exact) mass is 301 g/mol. The summed E-state index contributed by atoms with van der Waals surface area (Å²) in [5.74, 6) is -0.184. The van der Waals surface area contributed by atoms with Crippen LogP contribution in [0, 0.1) is 0 Å². The summed E-state index contributed by atoms with van der Waals surface area (Å²) in [4.78, 5) is 3.83. The first-order chi connectivity index (χ1) is 9.50. The smallest absolute Gasteiger partial charge is 0.419 e. The van der Waals surface area contributed by atoms with Gasteiger partial charge < -0.3 is 4.74 Å². The number of hydrogen-bond acceptors (Lipinski definition) is 2. The average molecular weight is 302 g/mol. The van der Waals surface area contributed by atoms with E-state index >= 15 is 0 Å². The molecule has 1 aromatic heterocycles. The van der Waals surface area contributed by atoms with Crippen molar-refractivity contribution < 1.29 is 17.9 Å². The topological polar surface area (TPSA) is 22.1 Å². The molecule has 0 fully saturated rings.